The smallest absolute Gasteiger partial charge is 0.366 e. The van der Waals surface area contributed by atoms with Crippen LogP contribution in [-0.4, -0.2) is 46.6 Å². The average molecular weight is 468 g/mol. The van der Waals surface area contributed by atoms with E-state index in [1.807, 2.05) is 0 Å². The highest BCUT2D eigenvalue weighted by Crippen LogP contribution is 2.37. The fraction of sp³-hybridized carbons (Fsp3) is 0.286. The Balaban J connectivity index is 1.74. The van der Waals surface area contributed by atoms with Gasteiger partial charge in [-0.1, -0.05) is 23.7 Å². The number of likely N-dealkylation sites (tertiary alicyclic amines) is 1. The third kappa shape index (κ3) is 4.46. The van der Waals surface area contributed by atoms with Crippen LogP contribution in [0.4, 0.5) is 23.4 Å². The van der Waals surface area contributed by atoms with Crippen molar-refractivity contribution in [1.29, 1.82) is 0 Å². The first kappa shape index (κ1) is 22.2. The van der Waals surface area contributed by atoms with E-state index in [4.69, 9.17) is 17.3 Å². The van der Waals surface area contributed by atoms with E-state index >= 15 is 0 Å². The zero-order valence-electron chi connectivity index (χ0n) is 16.5. The summed E-state index contributed by atoms with van der Waals surface area (Å²) in [4.78, 5) is 21.8. The second-order valence-corrected chi connectivity index (χ2v) is 7.95. The molecule has 2 heterocycles. The topological polar surface area (TPSA) is 84.1 Å². The van der Waals surface area contributed by atoms with Crippen molar-refractivity contribution in [3.63, 3.8) is 0 Å². The fourth-order valence-electron chi connectivity index (χ4n) is 3.69. The van der Waals surface area contributed by atoms with Crippen LogP contribution in [0.3, 0.4) is 0 Å². The van der Waals surface area contributed by atoms with Gasteiger partial charge in [0.1, 0.15) is 18.3 Å². The minimum absolute atomic E-state index is 0.189. The second kappa shape index (κ2) is 8.51. The monoisotopic (exact) mass is 467 g/mol. The molecule has 1 atom stereocenters. The first-order chi connectivity index (χ1) is 15.1. The van der Waals surface area contributed by atoms with Crippen molar-refractivity contribution < 1.29 is 22.4 Å². The lowest BCUT2D eigenvalue weighted by Crippen LogP contribution is -2.50. The van der Waals surface area contributed by atoms with Crippen LogP contribution < -0.4 is 11.1 Å². The van der Waals surface area contributed by atoms with Crippen molar-refractivity contribution in [2.24, 2.45) is 5.73 Å². The number of amides is 1. The number of benzene rings is 2. The third-order valence-corrected chi connectivity index (χ3v) is 5.62. The van der Waals surface area contributed by atoms with Crippen molar-refractivity contribution in [2.75, 3.05) is 25.0 Å². The summed E-state index contributed by atoms with van der Waals surface area (Å²) in [6.45, 7) is 0.614. The minimum Gasteiger partial charge on any atom is -0.366 e. The molecule has 1 amide bonds. The number of anilines is 1. The number of rotatable bonds is 6. The Morgan fingerprint density at radius 2 is 2.00 bits per heavy atom. The van der Waals surface area contributed by atoms with E-state index in [2.05, 4.69) is 15.3 Å². The molecule has 0 radical (unpaired) electrons. The minimum atomic E-state index is -4.63. The molecule has 0 bridgehead atoms. The lowest BCUT2D eigenvalue weighted by molar-refractivity contribution is -0.137. The first-order valence-electron chi connectivity index (χ1n) is 9.66. The van der Waals surface area contributed by atoms with E-state index in [1.165, 1.54) is 24.5 Å². The molecule has 0 unspecified atom stereocenters. The van der Waals surface area contributed by atoms with E-state index in [9.17, 15) is 22.4 Å². The molecule has 0 saturated carbocycles. The van der Waals surface area contributed by atoms with Gasteiger partial charge in [0.15, 0.2) is 0 Å². The Labute approximate surface area is 185 Å². The highest BCUT2D eigenvalue weighted by Gasteiger charge is 2.35. The summed E-state index contributed by atoms with van der Waals surface area (Å²) in [6, 6.07) is 7.78. The van der Waals surface area contributed by atoms with Crippen LogP contribution in [0.5, 0.6) is 0 Å². The maximum atomic E-state index is 13.4. The highest BCUT2D eigenvalue weighted by molar-refractivity contribution is 6.31. The number of halogens is 5. The van der Waals surface area contributed by atoms with Crippen molar-refractivity contribution in [3.05, 3.63) is 64.4 Å². The summed E-state index contributed by atoms with van der Waals surface area (Å²) in [6.07, 6.45) is -4.36. The van der Waals surface area contributed by atoms with E-state index in [1.54, 1.807) is 17.0 Å². The Kier molecular flexibility index (Phi) is 5.91. The molecule has 4 rings (SSSR count). The maximum absolute atomic E-state index is 13.4. The van der Waals surface area contributed by atoms with Crippen molar-refractivity contribution in [2.45, 2.75) is 18.4 Å². The molecule has 0 spiro atoms. The van der Waals surface area contributed by atoms with E-state index in [-0.39, 0.29) is 25.2 Å². The predicted octanol–water partition coefficient (Wildman–Crippen LogP) is 4.21. The number of carbonyl (C=O) groups is 1. The highest BCUT2D eigenvalue weighted by atomic mass is 35.5. The normalized spacial score (nSPS) is 16.0. The van der Waals surface area contributed by atoms with Crippen LogP contribution in [0, 0.1) is 0 Å². The Morgan fingerprint density at radius 3 is 2.66 bits per heavy atom. The Hall–Kier alpha value is -2.98. The summed E-state index contributed by atoms with van der Waals surface area (Å²) in [5.41, 5.74) is 5.27. The zero-order valence-corrected chi connectivity index (χ0v) is 17.3. The number of fused-ring (bicyclic) bond motifs is 1. The molecule has 1 fully saturated rings. The molecule has 11 heteroatoms. The van der Waals surface area contributed by atoms with E-state index in [0.717, 1.165) is 6.07 Å². The molecule has 32 heavy (non-hydrogen) atoms. The van der Waals surface area contributed by atoms with Gasteiger partial charge < -0.3 is 11.1 Å². The number of primary amides is 1. The summed E-state index contributed by atoms with van der Waals surface area (Å²) in [7, 11) is 0. The van der Waals surface area contributed by atoms with Crippen LogP contribution in [0.2, 0.25) is 5.02 Å². The molecule has 1 aliphatic heterocycles. The quantitative estimate of drug-likeness (QED) is 0.531. The largest absolute Gasteiger partial charge is 0.417 e. The summed E-state index contributed by atoms with van der Waals surface area (Å²) >= 11 is 5.77. The maximum Gasteiger partial charge on any atom is 0.417 e. The zero-order chi connectivity index (χ0) is 23.0. The summed E-state index contributed by atoms with van der Waals surface area (Å²) in [5.74, 6) is -0.359. The summed E-state index contributed by atoms with van der Waals surface area (Å²) in [5, 5.41) is 3.21. The number of alkyl halides is 4. The fourth-order valence-corrected chi connectivity index (χ4v) is 3.92. The second-order valence-electron chi connectivity index (χ2n) is 7.54. The first-order valence-corrected chi connectivity index (χ1v) is 10.0. The number of nitrogens with two attached hydrogens (primary N) is 1. The van der Waals surface area contributed by atoms with Gasteiger partial charge in [-0.25, -0.2) is 14.4 Å². The van der Waals surface area contributed by atoms with Gasteiger partial charge >= 0.3 is 6.18 Å². The van der Waals surface area contributed by atoms with Crippen molar-refractivity contribution >= 4 is 34.2 Å². The SMILES string of the molecule is NC(=O)c1cccc2c(N[C@H](CN3CC(F)C3)c3ccc(Cl)c(C(F)(F)F)c3)ncnc12. The molecule has 3 N–H and O–H groups in total. The molecular weight excluding hydrogens is 450 g/mol. The standard InChI is InChI=1S/C21H18ClF4N5O/c22-16-5-4-11(6-15(16)21(24,25)26)17(9-31-7-12(23)8-31)30-20-14-3-1-2-13(19(27)32)18(14)28-10-29-20/h1-6,10,12,17H,7-9H2,(H2,27,32)(H,28,29,30)/t17-/m1/s1. The molecule has 168 valence electrons. The van der Waals surface area contributed by atoms with Crippen LogP contribution in [-0.2, 0) is 6.18 Å². The number of nitrogens with zero attached hydrogens (tertiary/aromatic N) is 3. The third-order valence-electron chi connectivity index (χ3n) is 5.29. The van der Waals surface area contributed by atoms with Gasteiger partial charge in [0, 0.05) is 25.0 Å². The lowest BCUT2D eigenvalue weighted by atomic mass is 10.0. The van der Waals surface area contributed by atoms with Crippen LogP contribution in [0.15, 0.2) is 42.7 Å². The number of hydrogen-bond donors (Lipinski definition) is 2. The predicted molar refractivity (Wildman–Crippen MR) is 112 cm³/mol. The number of para-hydroxylation sites is 1. The Bertz CT molecular complexity index is 1170. The molecule has 1 aromatic heterocycles. The molecule has 2 aromatic carbocycles. The molecule has 1 aliphatic rings. The number of carbonyl (C=O) groups excluding carboxylic acids is 1. The number of nitrogens with one attached hydrogen (secondary N) is 1. The number of hydrogen-bond acceptors (Lipinski definition) is 5. The van der Waals surface area contributed by atoms with Gasteiger partial charge in [-0.2, -0.15) is 13.2 Å². The summed E-state index contributed by atoms with van der Waals surface area (Å²) < 4.78 is 53.6. The molecule has 0 aliphatic carbocycles. The van der Waals surface area contributed by atoms with Gasteiger partial charge in [0.2, 0.25) is 0 Å². The van der Waals surface area contributed by atoms with Gasteiger partial charge in [-0.3, -0.25) is 9.69 Å². The van der Waals surface area contributed by atoms with Crippen molar-refractivity contribution in [1.82, 2.24) is 14.9 Å². The average Bonchev–Trinajstić information content (AvgIpc) is 2.71. The van der Waals surface area contributed by atoms with Gasteiger partial charge in [-0.15, -0.1) is 0 Å². The van der Waals surface area contributed by atoms with Gasteiger partial charge in [-0.05, 0) is 29.8 Å². The van der Waals surface area contributed by atoms with Crippen LogP contribution in [0.25, 0.3) is 10.9 Å². The van der Waals surface area contributed by atoms with Gasteiger partial charge in [0.25, 0.3) is 5.91 Å². The van der Waals surface area contributed by atoms with Crippen LogP contribution >= 0.6 is 11.6 Å². The molecular formula is C21H18ClF4N5O. The van der Waals surface area contributed by atoms with Crippen LogP contribution in [0.1, 0.15) is 27.5 Å². The lowest BCUT2D eigenvalue weighted by Gasteiger charge is -2.37. The van der Waals surface area contributed by atoms with E-state index in [0.29, 0.717) is 22.3 Å². The molecule has 3 aromatic rings. The molecule has 6 nitrogen and oxygen atoms in total. The molecule has 1 saturated heterocycles. The van der Waals surface area contributed by atoms with Gasteiger partial charge in [0.05, 0.1) is 27.7 Å². The van der Waals surface area contributed by atoms with E-state index < -0.39 is 34.9 Å². The number of aromatic nitrogens is 2. The van der Waals surface area contributed by atoms with Crippen molar-refractivity contribution in [3.8, 4) is 0 Å². The Morgan fingerprint density at radius 1 is 1.25 bits per heavy atom.